The van der Waals surface area contributed by atoms with Crippen molar-refractivity contribution in [2.45, 2.75) is 104 Å². The number of halogens is 3. The Morgan fingerprint density at radius 3 is 1.25 bits per heavy atom. The van der Waals surface area contributed by atoms with Gasteiger partial charge in [-0.1, -0.05) is 54.5 Å². The van der Waals surface area contributed by atoms with Gasteiger partial charge >= 0.3 is 0 Å². The first-order valence-corrected chi connectivity index (χ1v) is 36.6. The topological polar surface area (TPSA) is 346 Å². The van der Waals surface area contributed by atoms with Gasteiger partial charge in [-0.15, -0.1) is 11.3 Å². The van der Waals surface area contributed by atoms with E-state index in [4.69, 9.17) is 81.5 Å². The first-order valence-electron chi connectivity index (χ1n) is 34.5. The largest absolute Gasteiger partial charge is 0.486 e. The molecule has 15 rings (SSSR count). The Morgan fingerprint density at radius 1 is 0.514 bits per heavy atom. The van der Waals surface area contributed by atoms with Crippen LogP contribution in [0, 0.1) is 27.7 Å². The van der Waals surface area contributed by atoms with Gasteiger partial charge in [-0.05, 0) is 151 Å². The SMILES string of the molecule is C=CC(=O)N1CCC[C@@H](n2nc(-c3ccc(OCc4cc(C)nn4C)c(Cl)c3)c3c(N)ncnc32)C1.C=CC(=O)N1CCC[C@@H](n2nc(-c3ccc(OCc4scnc4C)c(Cl)c3)c3c(N)ncnc32)C1.C=CC(=O)N1CCC[C@@H](n2nc(-c3ccc(OCn4nc(C)cc4C)c(Cl)c3)c3c(N)ncnc32)C1. The van der Waals surface area contributed by atoms with Crippen LogP contribution < -0.4 is 31.4 Å². The number of amides is 3. The molecule has 3 atom stereocenters. The van der Waals surface area contributed by atoms with Gasteiger partial charge in [0, 0.05) is 68.7 Å². The zero-order chi connectivity index (χ0) is 75.3. The van der Waals surface area contributed by atoms with E-state index < -0.39 is 0 Å². The minimum Gasteiger partial charge on any atom is -0.486 e. The molecule has 12 aromatic rings. The molecule has 0 saturated carbocycles. The molecule has 552 valence electrons. The molecule has 33 heteroatoms. The van der Waals surface area contributed by atoms with Crippen LogP contribution in [0.1, 0.15) is 90.0 Å². The van der Waals surface area contributed by atoms with E-state index in [1.54, 1.807) is 59.1 Å². The maximum absolute atomic E-state index is 12.2. The molecule has 0 spiro atoms. The number of nitrogens with zero attached hydrogens (tertiary/aromatic N) is 20. The molecule has 29 nitrogen and oxygen atoms in total. The fourth-order valence-electron chi connectivity index (χ4n) is 13.6. The molecule has 12 heterocycles. The fraction of sp³-hybridized carbons (Fsp3) is 0.311. The number of aromatic nitrogens is 17. The number of ether oxygens (including phenoxy) is 3. The summed E-state index contributed by atoms with van der Waals surface area (Å²) in [4.78, 5) is 73.3. The molecule has 3 saturated heterocycles. The Hall–Kier alpha value is -11.3. The van der Waals surface area contributed by atoms with Crippen LogP contribution in [0.2, 0.25) is 15.1 Å². The predicted octanol–water partition coefficient (Wildman–Crippen LogP) is 12.0. The van der Waals surface area contributed by atoms with Gasteiger partial charge in [0.2, 0.25) is 17.7 Å². The number of hydrogen-bond donors (Lipinski definition) is 3. The van der Waals surface area contributed by atoms with Crippen molar-refractivity contribution in [2.75, 3.05) is 56.5 Å². The third kappa shape index (κ3) is 15.8. The number of benzene rings is 3. The van der Waals surface area contributed by atoms with Crippen molar-refractivity contribution in [3.8, 4) is 51.0 Å². The second-order valence-corrected chi connectivity index (χ2v) is 28.2. The van der Waals surface area contributed by atoms with Crippen LogP contribution in [-0.4, -0.2) is 155 Å². The van der Waals surface area contributed by atoms with E-state index in [1.165, 1.54) is 37.2 Å². The lowest BCUT2D eigenvalue weighted by atomic mass is 10.1. The number of thiazole rings is 1. The summed E-state index contributed by atoms with van der Waals surface area (Å²) in [6.07, 6.45) is 13.5. The van der Waals surface area contributed by atoms with Gasteiger partial charge < -0.3 is 46.1 Å². The number of carbonyl (C=O) groups excluding carboxylic acids is 3. The highest BCUT2D eigenvalue weighted by Gasteiger charge is 2.32. The van der Waals surface area contributed by atoms with Crippen molar-refractivity contribution in [2.24, 2.45) is 7.05 Å². The quantitative estimate of drug-likeness (QED) is 0.0672. The molecule has 3 aliphatic rings. The average Bonchev–Trinajstić information content (AvgIpc) is 1.62. The van der Waals surface area contributed by atoms with Gasteiger partial charge in [-0.3, -0.25) is 19.1 Å². The Balaban J connectivity index is 0.000000142. The Bertz CT molecular complexity index is 5150. The van der Waals surface area contributed by atoms with Crippen LogP contribution in [0.25, 0.3) is 66.9 Å². The minimum absolute atomic E-state index is 0.0427. The Kier molecular flexibility index (Phi) is 22.2. The summed E-state index contributed by atoms with van der Waals surface area (Å²) in [5, 5.41) is 26.8. The van der Waals surface area contributed by atoms with Crippen LogP contribution in [0.5, 0.6) is 17.2 Å². The van der Waals surface area contributed by atoms with Crippen LogP contribution in [0.15, 0.2) is 129 Å². The third-order valence-corrected chi connectivity index (χ3v) is 20.8. The number of likely N-dealkylation sites (tertiary alicyclic amines) is 3. The summed E-state index contributed by atoms with van der Waals surface area (Å²) in [5.41, 5.74) is 31.5. The molecule has 0 radical (unpaired) electrons. The molecule has 3 aromatic carbocycles. The highest BCUT2D eigenvalue weighted by Crippen LogP contribution is 2.41. The van der Waals surface area contributed by atoms with E-state index in [0.717, 1.165) is 88.6 Å². The molecule has 6 N–H and O–H groups in total. The number of fused-ring (bicyclic) bond motifs is 3. The van der Waals surface area contributed by atoms with Crippen molar-refractivity contribution in [3.05, 3.63) is 178 Å². The Morgan fingerprint density at radius 2 is 0.907 bits per heavy atom. The highest BCUT2D eigenvalue weighted by atomic mass is 35.5. The second-order valence-electron chi connectivity index (χ2n) is 26.1. The number of piperidine rings is 3. The van der Waals surface area contributed by atoms with E-state index >= 15 is 0 Å². The third-order valence-electron chi connectivity index (χ3n) is 19.0. The molecule has 107 heavy (non-hydrogen) atoms. The van der Waals surface area contributed by atoms with Crippen molar-refractivity contribution < 1.29 is 28.6 Å². The molecule has 0 aliphatic carbocycles. The maximum Gasteiger partial charge on any atom is 0.246 e. The van der Waals surface area contributed by atoms with E-state index in [-0.39, 0.29) is 42.6 Å². The van der Waals surface area contributed by atoms with Gasteiger partial charge in [-0.25, -0.2) is 53.6 Å². The fourth-order valence-corrected chi connectivity index (χ4v) is 15.0. The highest BCUT2D eigenvalue weighted by molar-refractivity contribution is 7.09. The summed E-state index contributed by atoms with van der Waals surface area (Å²) < 4.78 is 26.9. The first kappa shape index (κ1) is 74.0. The summed E-state index contributed by atoms with van der Waals surface area (Å²) >= 11 is 21.3. The van der Waals surface area contributed by atoms with Gasteiger partial charge in [0.15, 0.2) is 23.7 Å². The van der Waals surface area contributed by atoms with Crippen LogP contribution in [0.3, 0.4) is 0 Å². The van der Waals surface area contributed by atoms with E-state index in [9.17, 15) is 14.4 Å². The van der Waals surface area contributed by atoms with Gasteiger partial charge in [0.1, 0.15) is 84.0 Å². The molecular formula is C74H78Cl3N23O6S. The molecule has 3 amide bonds. The van der Waals surface area contributed by atoms with Crippen molar-refractivity contribution >= 4 is 114 Å². The number of nitrogens with two attached hydrogens (primary N) is 3. The molecule has 0 unspecified atom stereocenters. The number of aryl methyl sites for hydroxylation is 5. The average molecular weight is 1520 g/mol. The van der Waals surface area contributed by atoms with E-state index in [0.29, 0.717) is 152 Å². The van der Waals surface area contributed by atoms with Gasteiger partial charge in [0.25, 0.3) is 0 Å². The van der Waals surface area contributed by atoms with Crippen molar-refractivity contribution in [1.29, 1.82) is 0 Å². The summed E-state index contributed by atoms with van der Waals surface area (Å²) in [5.74, 6) is 2.39. The van der Waals surface area contributed by atoms with Gasteiger partial charge in [0.05, 0.1) is 82.5 Å². The molecule has 0 bridgehead atoms. The van der Waals surface area contributed by atoms with E-state index in [1.807, 2.05) is 97.3 Å². The first-order chi connectivity index (χ1) is 51.7. The summed E-state index contributed by atoms with van der Waals surface area (Å²) in [6.45, 7) is 23.3. The monoisotopic (exact) mass is 1520 g/mol. The van der Waals surface area contributed by atoms with E-state index in [2.05, 4.69) is 64.8 Å². The van der Waals surface area contributed by atoms with Crippen molar-refractivity contribution in [3.63, 3.8) is 0 Å². The normalized spacial score (nSPS) is 15.9. The van der Waals surface area contributed by atoms with Crippen molar-refractivity contribution in [1.82, 2.24) is 98.5 Å². The number of carbonyl (C=O) groups is 3. The smallest absolute Gasteiger partial charge is 0.246 e. The number of nitrogen functional groups attached to an aromatic ring is 3. The zero-order valence-corrected chi connectivity index (χ0v) is 62.6. The number of hydrogen-bond acceptors (Lipinski definition) is 22. The number of anilines is 3. The van der Waals surface area contributed by atoms with Crippen LogP contribution in [-0.2, 0) is 41.4 Å². The van der Waals surface area contributed by atoms with Crippen LogP contribution >= 0.6 is 46.1 Å². The molecule has 3 fully saturated rings. The molecular weight excluding hydrogens is 1450 g/mol. The number of rotatable bonds is 18. The summed E-state index contributed by atoms with van der Waals surface area (Å²) in [7, 11) is 1.88. The lowest BCUT2D eigenvalue weighted by Gasteiger charge is -2.32. The second kappa shape index (κ2) is 32.2. The standard InChI is InChI=1S/2C25H27ClN8O2.C24H24ClN7O2S/c1-4-21(35)33-9-5-6-17(12-33)34-25-22(24(27)28-14-29-25)23(31-34)16-7-8-20(19(26)11-16)36-13-18-10-15(2)30-32(18)3;1-4-21(35)32-9-5-6-18(12-32)34-25-22(24(27)28-13-29-25)23(31-34)17-7-8-20(19(26)11-17)36-14-33-16(3)10-15(2)30-33;1-3-20(33)31-8-4-5-16(10-31)32-24-21(23(26)27-12-28-24)22(30-32)15-6-7-18(17(25)9-15)34-11-19-14(2)29-13-35-19/h4,7-8,10-11,14,17H,1,5-6,9,12-13H2,2-3H3,(H2,27,28,29);4,7-8,10-11,13,18H,1,5-6,9,12,14H2,2-3H3,(H2,27,28,29);3,6-7,9,12-13,16H,1,4-5,8,10-11H2,2H3,(H2,26,27,28)/t17-;18-;16-/m111/s1. The van der Waals surface area contributed by atoms with Crippen LogP contribution in [0.4, 0.5) is 17.5 Å². The summed E-state index contributed by atoms with van der Waals surface area (Å²) in [6, 6.07) is 20.3. The minimum atomic E-state index is -0.0895. The predicted molar refractivity (Wildman–Crippen MR) is 411 cm³/mol. The zero-order valence-electron chi connectivity index (χ0n) is 59.5. The Labute approximate surface area is 634 Å². The lowest BCUT2D eigenvalue weighted by molar-refractivity contribution is -0.128. The molecule has 9 aromatic heterocycles. The van der Waals surface area contributed by atoms with Gasteiger partial charge in [-0.2, -0.15) is 25.5 Å². The maximum atomic E-state index is 12.2. The molecule has 3 aliphatic heterocycles. The lowest BCUT2D eigenvalue weighted by Crippen LogP contribution is -2.40.